The largest absolute Gasteiger partial charge is 0.394 e. The molecule has 0 fully saturated rings. The molecule has 0 radical (unpaired) electrons. The number of hydrogen-bond donors (Lipinski definition) is 3. The van der Waals surface area contributed by atoms with Crippen molar-refractivity contribution in [1.29, 1.82) is 0 Å². The second-order valence-corrected chi connectivity index (χ2v) is 5.84. The van der Waals surface area contributed by atoms with Crippen molar-refractivity contribution in [3.05, 3.63) is 70.8 Å². The number of aryl methyl sites for hydroxylation is 1. The van der Waals surface area contributed by atoms with Crippen LogP contribution in [0.4, 0.5) is 0 Å². The molecule has 0 unspecified atom stereocenters. The highest BCUT2D eigenvalue weighted by Crippen LogP contribution is 2.15. The van der Waals surface area contributed by atoms with E-state index in [0.29, 0.717) is 6.42 Å². The van der Waals surface area contributed by atoms with Crippen molar-refractivity contribution < 1.29 is 10.2 Å². The van der Waals surface area contributed by atoms with Crippen LogP contribution >= 0.6 is 0 Å². The summed E-state index contributed by atoms with van der Waals surface area (Å²) in [6, 6.07) is 16.7. The lowest BCUT2D eigenvalue weighted by Crippen LogP contribution is -2.49. The van der Waals surface area contributed by atoms with Gasteiger partial charge in [-0.05, 0) is 36.5 Å². The standard InChI is InChI=1S/C18H23NO2.2C2H6/c1-14-3-2-4-17(9-14)10-15-5-7-16(8-6-15)11-18(19,12-20)13-21;2*1-2/h2-9,20-21H,10-13,19H2,1H3;2*1-2H3. The predicted octanol–water partition coefficient (Wildman–Crippen LogP) is 3.86. The molecule has 3 heteroatoms. The number of aliphatic hydroxyl groups excluding tert-OH is 2. The van der Waals surface area contributed by atoms with Gasteiger partial charge in [0.25, 0.3) is 0 Å². The Morgan fingerprint density at radius 1 is 0.800 bits per heavy atom. The first kappa shape index (κ1) is 23.3. The topological polar surface area (TPSA) is 66.5 Å². The predicted molar refractivity (Wildman–Crippen MR) is 108 cm³/mol. The minimum atomic E-state index is -0.946. The van der Waals surface area contributed by atoms with E-state index in [-0.39, 0.29) is 13.2 Å². The van der Waals surface area contributed by atoms with Crippen molar-refractivity contribution in [2.75, 3.05) is 13.2 Å². The Morgan fingerprint density at radius 3 is 1.80 bits per heavy atom. The summed E-state index contributed by atoms with van der Waals surface area (Å²) in [5.41, 5.74) is 9.78. The smallest absolute Gasteiger partial charge is 0.0663 e. The first-order chi connectivity index (χ1) is 12.0. The third-order valence-corrected chi connectivity index (χ3v) is 3.70. The van der Waals surface area contributed by atoms with Crippen molar-refractivity contribution in [2.45, 2.75) is 53.0 Å². The number of aliphatic hydroxyl groups is 2. The first-order valence-corrected chi connectivity index (χ1v) is 9.19. The minimum Gasteiger partial charge on any atom is -0.394 e. The Kier molecular flexibility index (Phi) is 11.8. The Balaban J connectivity index is 0.00000134. The highest BCUT2D eigenvalue weighted by atomic mass is 16.3. The fourth-order valence-corrected chi connectivity index (χ4v) is 2.40. The Morgan fingerprint density at radius 2 is 1.32 bits per heavy atom. The summed E-state index contributed by atoms with van der Waals surface area (Å²) in [4.78, 5) is 0. The van der Waals surface area contributed by atoms with Crippen LogP contribution in [0.15, 0.2) is 48.5 Å². The third kappa shape index (κ3) is 8.30. The summed E-state index contributed by atoms with van der Waals surface area (Å²) < 4.78 is 0. The van der Waals surface area contributed by atoms with Crippen LogP contribution < -0.4 is 5.73 Å². The zero-order chi connectivity index (χ0) is 19.3. The summed E-state index contributed by atoms with van der Waals surface area (Å²) in [5.74, 6) is 0. The molecule has 4 N–H and O–H groups in total. The summed E-state index contributed by atoms with van der Waals surface area (Å²) in [6.07, 6.45) is 1.36. The molecule has 3 nitrogen and oxygen atoms in total. The molecule has 0 heterocycles. The van der Waals surface area contributed by atoms with Crippen LogP contribution in [0.5, 0.6) is 0 Å². The maximum Gasteiger partial charge on any atom is 0.0663 e. The van der Waals surface area contributed by atoms with Crippen LogP contribution in [0.1, 0.15) is 49.9 Å². The van der Waals surface area contributed by atoms with E-state index < -0.39 is 5.54 Å². The second-order valence-electron chi connectivity index (χ2n) is 5.84. The molecule has 0 bridgehead atoms. The van der Waals surface area contributed by atoms with Gasteiger partial charge in [-0.15, -0.1) is 0 Å². The average molecular weight is 346 g/mol. The monoisotopic (exact) mass is 345 g/mol. The number of hydrogen-bond acceptors (Lipinski definition) is 3. The van der Waals surface area contributed by atoms with Crippen molar-refractivity contribution in [3.8, 4) is 0 Å². The van der Waals surface area contributed by atoms with Gasteiger partial charge in [-0.25, -0.2) is 0 Å². The van der Waals surface area contributed by atoms with Gasteiger partial charge in [-0.3, -0.25) is 0 Å². The number of nitrogens with two attached hydrogens (primary N) is 1. The molecule has 0 spiro atoms. The molecule has 0 saturated carbocycles. The molecule has 0 aromatic heterocycles. The van der Waals surface area contributed by atoms with Crippen LogP contribution in [0, 0.1) is 6.92 Å². The van der Waals surface area contributed by atoms with Gasteiger partial charge in [0, 0.05) is 0 Å². The molecule has 0 aliphatic carbocycles. The number of benzene rings is 2. The van der Waals surface area contributed by atoms with Crippen molar-refractivity contribution in [1.82, 2.24) is 0 Å². The van der Waals surface area contributed by atoms with Crippen LogP contribution in [-0.2, 0) is 12.8 Å². The molecule has 0 amide bonds. The van der Waals surface area contributed by atoms with E-state index in [1.165, 1.54) is 16.7 Å². The van der Waals surface area contributed by atoms with Gasteiger partial charge in [0.05, 0.1) is 18.8 Å². The summed E-state index contributed by atoms with van der Waals surface area (Å²) >= 11 is 0. The fourth-order valence-electron chi connectivity index (χ4n) is 2.40. The summed E-state index contributed by atoms with van der Waals surface area (Å²) in [7, 11) is 0. The van der Waals surface area contributed by atoms with E-state index in [9.17, 15) is 10.2 Å². The average Bonchev–Trinajstić information content (AvgIpc) is 2.66. The SMILES string of the molecule is CC.CC.Cc1cccc(Cc2ccc(CC(N)(CO)CO)cc2)c1. The molecule has 0 aliphatic heterocycles. The minimum absolute atomic E-state index is 0.228. The van der Waals surface area contributed by atoms with Crippen LogP contribution in [-0.4, -0.2) is 29.0 Å². The maximum atomic E-state index is 9.24. The highest BCUT2D eigenvalue weighted by Gasteiger charge is 2.23. The summed E-state index contributed by atoms with van der Waals surface area (Å²) in [6.45, 7) is 9.64. The molecule has 0 aliphatic rings. The van der Waals surface area contributed by atoms with Crippen LogP contribution in [0.2, 0.25) is 0 Å². The van der Waals surface area contributed by atoms with E-state index in [1.54, 1.807) is 0 Å². The molecule has 25 heavy (non-hydrogen) atoms. The van der Waals surface area contributed by atoms with Gasteiger partial charge in [0.2, 0.25) is 0 Å². The lowest BCUT2D eigenvalue weighted by Gasteiger charge is -2.24. The third-order valence-electron chi connectivity index (χ3n) is 3.70. The van der Waals surface area contributed by atoms with E-state index in [2.05, 4.69) is 43.3 Å². The lowest BCUT2D eigenvalue weighted by molar-refractivity contribution is 0.121. The summed E-state index contributed by atoms with van der Waals surface area (Å²) in [5, 5.41) is 18.5. The van der Waals surface area contributed by atoms with Crippen molar-refractivity contribution >= 4 is 0 Å². The molecule has 2 aromatic rings. The van der Waals surface area contributed by atoms with Gasteiger partial charge in [-0.1, -0.05) is 81.8 Å². The molecule has 0 atom stereocenters. The number of rotatable bonds is 6. The van der Waals surface area contributed by atoms with Crippen LogP contribution in [0.25, 0.3) is 0 Å². The van der Waals surface area contributed by atoms with E-state index in [1.807, 2.05) is 39.8 Å². The zero-order valence-electron chi connectivity index (χ0n) is 16.4. The first-order valence-electron chi connectivity index (χ1n) is 9.19. The molecule has 140 valence electrons. The molecule has 0 saturated heterocycles. The van der Waals surface area contributed by atoms with Gasteiger partial charge in [0.1, 0.15) is 0 Å². The Labute approximate surface area is 153 Å². The van der Waals surface area contributed by atoms with Gasteiger partial charge in [-0.2, -0.15) is 0 Å². The van der Waals surface area contributed by atoms with E-state index in [4.69, 9.17) is 5.73 Å². The molecule has 2 aromatic carbocycles. The fraction of sp³-hybridized carbons (Fsp3) is 0.455. The van der Waals surface area contributed by atoms with Crippen molar-refractivity contribution in [3.63, 3.8) is 0 Å². The second kappa shape index (κ2) is 12.6. The van der Waals surface area contributed by atoms with Gasteiger partial charge in [0.15, 0.2) is 0 Å². The maximum absolute atomic E-state index is 9.24. The Bertz CT molecular complexity index is 575. The van der Waals surface area contributed by atoms with Crippen LogP contribution in [0.3, 0.4) is 0 Å². The van der Waals surface area contributed by atoms with Gasteiger partial charge >= 0.3 is 0 Å². The normalized spacial score (nSPS) is 10.2. The van der Waals surface area contributed by atoms with E-state index in [0.717, 1.165) is 12.0 Å². The molecular formula is C22H35NO2. The van der Waals surface area contributed by atoms with E-state index >= 15 is 0 Å². The molecule has 2 rings (SSSR count). The Hall–Kier alpha value is -1.68. The molecular weight excluding hydrogens is 310 g/mol. The van der Waals surface area contributed by atoms with Gasteiger partial charge < -0.3 is 15.9 Å². The highest BCUT2D eigenvalue weighted by molar-refractivity contribution is 5.31. The zero-order valence-corrected chi connectivity index (χ0v) is 16.4. The quantitative estimate of drug-likeness (QED) is 0.745. The lowest BCUT2D eigenvalue weighted by atomic mass is 9.92. The van der Waals surface area contributed by atoms with Crippen molar-refractivity contribution in [2.24, 2.45) is 5.73 Å².